The Kier molecular flexibility index (Phi) is 3.47. The van der Waals surface area contributed by atoms with E-state index in [1.54, 1.807) is 6.07 Å². The Morgan fingerprint density at radius 1 is 1.17 bits per heavy atom. The largest absolute Gasteiger partial charge is 0.337 e. The van der Waals surface area contributed by atoms with Gasteiger partial charge in [-0.15, -0.1) is 11.3 Å². The summed E-state index contributed by atoms with van der Waals surface area (Å²) in [7, 11) is 0. The van der Waals surface area contributed by atoms with Gasteiger partial charge in [-0.05, 0) is 17.0 Å². The lowest BCUT2D eigenvalue weighted by Gasteiger charge is -2.00. The standard InChI is InChI=1S/C16H12N4O2S/c21-16-12-6-7-23-15(12)17-10-20(16)9-14-18-13(19-22-14)8-11-4-2-1-3-5-11/h1-7,10H,8-9H2. The van der Waals surface area contributed by atoms with Crippen LogP contribution in [0.3, 0.4) is 0 Å². The van der Waals surface area contributed by atoms with Crippen molar-refractivity contribution in [1.82, 2.24) is 19.7 Å². The van der Waals surface area contributed by atoms with Crippen LogP contribution >= 0.6 is 11.3 Å². The van der Waals surface area contributed by atoms with Crippen LogP contribution in [0.1, 0.15) is 17.3 Å². The Hall–Kier alpha value is -2.80. The molecule has 0 radical (unpaired) electrons. The number of hydrogen-bond donors (Lipinski definition) is 0. The molecule has 0 N–H and O–H groups in total. The third kappa shape index (κ3) is 2.78. The molecular formula is C16H12N4O2S. The van der Waals surface area contributed by atoms with Crippen LogP contribution in [-0.2, 0) is 13.0 Å². The Balaban J connectivity index is 1.57. The third-order valence-corrected chi connectivity index (χ3v) is 4.29. The van der Waals surface area contributed by atoms with Gasteiger partial charge in [0.2, 0.25) is 5.89 Å². The van der Waals surface area contributed by atoms with Crippen molar-refractivity contribution in [1.29, 1.82) is 0 Å². The fourth-order valence-electron chi connectivity index (χ4n) is 2.36. The third-order valence-electron chi connectivity index (χ3n) is 3.47. The smallest absolute Gasteiger partial charge is 0.262 e. The number of rotatable bonds is 4. The maximum atomic E-state index is 12.3. The van der Waals surface area contributed by atoms with Crippen molar-refractivity contribution in [2.45, 2.75) is 13.0 Å². The van der Waals surface area contributed by atoms with E-state index in [2.05, 4.69) is 15.1 Å². The zero-order chi connectivity index (χ0) is 15.6. The highest BCUT2D eigenvalue weighted by atomic mass is 32.1. The molecule has 0 saturated heterocycles. The zero-order valence-corrected chi connectivity index (χ0v) is 12.9. The van der Waals surface area contributed by atoms with E-state index in [0.29, 0.717) is 23.5 Å². The first-order valence-corrected chi connectivity index (χ1v) is 7.95. The van der Waals surface area contributed by atoms with E-state index >= 15 is 0 Å². The summed E-state index contributed by atoms with van der Waals surface area (Å²) >= 11 is 1.45. The summed E-state index contributed by atoms with van der Waals surface area (Å²) in [5, 5.41) is 6.44. The van der Waals surface area contributed by atoms with Gasteiger partial charge in [0.1, 0.15) is 11.4 Å². The molecule has 0 unspecified atom stereocenters. The first-order chi connectivity index (χ1) is 11.3. The average molecular weight is 324 g/mol. The minimum Gasteiger partial charge on any atom is -0.337 e. The molecule has 0 bridgehead atoms. The van der Waals surface area contributed by atoms with Crippen molar-refractivity contribution < 1.29 is 4.52 Å². The Morgan fingerprint density at radius 3 is 2.91 bits per heavy atom. The van der Waals surface area contributed by atoms with E-state index in [4.69, 9.17) is 4.52 Å². The van der Waals surface area contributed by atoms with E-state index in [1.807, 2.05) is 35.7 Å². The van der Waals surface area contributed by atoms with E-state index < -0.39 is 0 Å². The number of thiophene rings is 1. The van der Waals surface area contributed by atoms with Gasteiger partial charge in [-0.25, -0.2) is 4.98 Å². The minimum absolute atomic E-state index is 0.0981. The number of fused-ring (bicyclic) bond motifs is 1. The van der Waals surface area contributed by atoms with Gasteiger partial charge in [-0.2, -0.15) is 4.98 Å². The summed E-state index contributed by atoms with van der Waals surface area (Å²) in [6.07, 6.45) is 2.11. The second-order valence-corrected chi connectivity index (χ2v) is 5.98. The molecule has 0 saturated carbocycles. The SMILES string of the molecule is O=c1c2ccsc2ncn1Cc1nc(Cc2ccccc2)no1. The molecule has 6 nitrogen and oxygen atoms in total. The summed E-state index contributed by atoms with van der Waals surface area (Å²) in [5.74, 6) is 0.998. The fourth-order valence-corrected chi connectivity index (χ4v) is 3.08. The van der Waals surface area contributed by atoms with Crippen LogP contribution in [0.2, 0.25) is 0 Å². The van der Waals surface area contributed by atoms with Crippen molar-refractivity contribution in [2.75, 3.05) is 0 Å². The molecule has 0 aliphatic rings. The van der Waals surface area contributed by atoms with Crippen LogP contribution in [0.25, 0.3) is 10.2 Å². The topological polar surface area (TPSA) is 73.8 Å². The zero-order valence-electron chi connectivity index (χ0n) is 12.0. The molecule has 114 valence electrons. The minimum atomic E-state index is -0.0981. The van der Waals surface area contributed by atoms with Crippen molar-refractivity contribution in [2.24, 2.45) is 0 Å². The van der Waals surface area contributed by atoms with Crippen molar-refractivity contribution in [3.8, 4) is 0 Å². The summed E-state index contributed by atoms with van der Waals surface area (Å²) in [5.41, 5.74) is 1.01. The lowest BCUT2D eigenvalue weighted by Crippen LogP contribution is -2.20. The molecule has 4 rings (SSSR count). The molecule has 0 spiro atoms. The fraction of sp³-hybridized carbons (Fsp3) is 0.125. The molecule has 0 aliphatic carbocycles. The van der Waals surface area contributed by atoms with Crippen molar-refractivity contribution >= 4 is 21.6 Å². The van der Waals surface area contributed by atoms with Crippen molar-refractivity contribution in [3.05, 3.63) is 75.7 Å². The molecule has 23 heavy (non-hydrogen) atoms. The normalized spacial score (nSPS) is 11.1. The van der Waals surface area contributed by atoms with Gasteiger partial charge in [0.05, 0.1) is 11.7 Å². The molecule has 3 heterocycles. The molecule has 0 atom stereocenters. The number of hydrogen-bond acceptors (Lipinski definition) is 6. The first kappa shape index (κ1) is 13.8. The predicted octanol–water partition coefficient (Wildman–Crippen LogP) is 2.48. The summed E-state index contributed by atoms with van der Waals surface area (Å²) in [6.45, 7) is 0.222. The number of aromatic nitrogens is 4. The average Bonchev–Trinajstić information content (AvgIpc) is 3.21. The maximum Gasteiger partial charge on any atom is 0.262 e. The molecule has 0 aliphatic heterocycles. The van der Waals surface area contributed by atoms with Gasteiger partial charge in [0.25, 0.3) is 5.56 Å². The van der Waals surface area contributed by atoms with Gasteiger partial charge >= 0.3 is 0 Å². The maximum absolute atomic E-state index is 12.3. The lowest BCUT2D eigenvalue weighted by molar-refractivity contribution is 0.365. The van der Waals surface area contributed by atoms with Gasteiger partial charge < -0.3 is 4.52 Å². The highest BCUT2D eigenvalue weighted by Gasteiger charge is 2.11. The van der Waals surface area contributed by atoms with E-state index in [1.165, 1.54) is 22.2 Å². The number of benzene rings is 1. The van der Waals surface area contributed by atoms with Crippen LogP contribution in [0.4, 0.5) is 0 Å². The van der Waals surface area contributed by atoms with Crippen LogP contribution in [0.15, 0.2) is 57.4 Å². The van der Waals surface area contributed by atoms with Crippen molar-refractivity contribution in [3.63, 3.8) is 0 Å². The predicted molar refractivity (Wildman–Crippen MR) is 86.5 cm³/mol. The van der Waals surface area contributed by atoms with Gasteiger partial charge in [0, 0.05) is 6.42 Å². The highest BCUT2D eigenvalue weighted by molar-refractivity contribution is 7.16. The van der Waals surface area contributed by atoms with E-state index in [0.717, 1.165) is 10.4 Å². The van der Waals surface area contributed by atoms with E-state index in [-0.39, 0.29) is 12.1 Å². The van der Waals surface area contributed by atoms with Crippen LogP contribution in [0, 0.1) is 0 Å². The second kappa shape index (κ2) is 5.77. The Morgan fingerprint density at radius 2 is 2.04 bits per heavy atom. The van der Waals surface area contributed by atoms with Crippen LogP contribution in [-0.4, -0.2) is 19.7 Å². The molecular weight excluding hydrogens is 312 g/mol. The van der Waals surface area contributed by atoms with Crippen LogP contribution in [0.5, 0.6) is 0 Å². The molecule has 3 aromatic heterocycles. The molecule has 0 fully saturated rings. The van der Waals surface area contributed by atoms with E-state index in [9.17, 15) is 4.79 Å². The number of nitrogens with zero attached hydrogens (tertiary/aromatic N) is 4. The molecule has 7 heteroatoms. The summed E-state index contributed by atoms with van der Waals surface area (Å²) in [4.78, 5) is 21.7. The Labute approximate surface area is 135 Å². The second-order valence-electron chi connectivity index (χ2n) is 5.08. The Bertz CT molecular complexity index is 1000. The highest BCUT2D eigenvalue weighted by Crippen LogP contribution is 2.13. The van der Waals surface area contributed by atoms with Gasteiger partial charge in [-0.3, -0.25) is 9.36 Å². The summed E-state index contributed by atoms with van der Waals surface area (Å²) in [6, 6.07) is 11.7. The van der Waals surface area contributed by atoms with Gasteiger partial charge in [-0.1, -0.05) is 35.5 Å². The molecule has 1 aromatic carbocycles. The summed E-state index contributed by atoms with van der Waals surface area (Å²) < 4.78 is 6.72. The molecule has 4 aromatic rings. The molecule has 0 amide bonds. The monoisotopic (exact) mass is 324 g/mol. The van der Waals surface area contributed by atoms with Crippen LogP contribution < -0.4 is 5.56 Å². The quantitative estimate of drug-likeness (QED) is 0.576. The lowest BCUT2D eigenvalue weighted by atomic mass is 10.1. The first-order valence-electron chi connectivity index (χ1n) is 7.07. The van der Waals surface area contributed by atoms with Gasteiger partial charge in [0.15, 0.2) is 5.82 Å².